The standard InChI is InChI=1S/C17H14N2O3S/c1-2-23-11-8-6-10(7-9-11)15(20)18-13-5-3-4-12-14(13)17(22)19-16(12)21/h3-9H,2H2,1H3,(H,18,20)(H,19,21,22). The number of anilines is 1. The van der Waals surface area contributed by atoms with Gasteiger partial charge < -0.3 is 5.32 Å². The topological polar surface area (TPSA) is 75.3 Å². The van der Waals surface area contributed by atoms with Crippen molar-refractivity contribution < 1.29 is 14.4 Å². The van der Waals surface area contributed by atoms with Gasteiger partial charge in [0.1, 0.15) is 0 Å². The maximum atomic E-state index is 12.3. The number of amides is 3. The van der Waals surface area contributed by atoms with Crippen molar-refractivity contribution in [1.82, 2.24) is 5.32 Å². The lowest BCUT2D eigenvalue weighted by Gasteiger charge is -2.08. The molecule has 1 aliphatic rings. The van der Waals surface area contributed by atoms with Gasteiger partial charge in [0.05, 0.1) is 16.8 Å². The molecule has 0 saturated heterocycles. The van der Waals surface area contributed by atoms with E-state index >= 15 is 0 Å². The van der Waals surface area contributed by atoms with E-state index < -0.39 is 11.8 Å². The third-order valence-electron chi connectivity index (χ3n) is 3.44. The number of fused-ring (bicyclic) bond motifs is 1. The first-order valence-electron chi connectivity index (χ1n) is 7.13. The van der Waals surface area contributed by atoms with Gasteiger partial charge in [-0.1, -0.05) is 13.0 Å². The predicted octanol–water partition coefficient (Wildman–Crippen LogP) is 2.93. The van der Waals surface area contributed by atoms with Gasteiger partial charge in [-0.3, -0.25) is 19.7 Å². The zero-order valence-electron chi connectivity index (χ0n) is 12.4. The molecular weight excluding hydrogens is 312 g/mol. The third kappa shape index (κ3) is 2.98. The van der Waals surface area contributed by atoms with Crippen LogP contribution in [0.5, 0.6) is 0 Å². The van der Waals surface area contributed by atoms with Crippen molar-refractivity contribution in [3.63, 3.8) is 0 Å². The van der Waals surface area contributed by atoms with Crippen LogP contribution < -0.4 is 10.6 Å². The van der Waals surface area contributed by atoms with Gasteiger partial charge in [0.15, 0.2) is 0 Å². The summed E-state index contributed by atoms with van der Waals surface area (Å²) in [7, 11) is 0. The molecule has 0 atom stereocenters. The number of benzene rings is 2. The van der Waals surface area contributed by atoms with Crippen molar-refractivity contribution in [2.75, 3.05) is 11.1 Å². The van der Waals surface area contributed by atoms with Gasteiger partial charge >= 0.3 is 0 Å². The lowest BCUT2D eigenvalue weighted by molar-refractivity contribution is 0.0879. The molecule has 0 spiro atoms. The molecule has 23 heavy (non-hydrogen) atoms. The van der Waals surface area contributed by atoms with Crippen molar-refractivity contribution in [3.05, 3.63) is 59.2 Å². The Morgan fingerprint density at radius 1 is 1.09 bits per heavy atom. The first-order chi connectivity index (χ1) is 11.1. The van der Waals surface area contributed by atoms with Crippen molar-refractivity contribution in [2.45, 2.75) is 11.8 Å². The Hall–Kier alpha value is -2.60. The summed E-state index contributed by atoms with van der Waals surface area (Å²) in [5, 5.41) is 4.93. The fourth-order valence-electron chi connectivity index (χ4n) is 2.39. The normalized spacial score (nSPS) is 12.7. The molecule has 5 nitrogen and oxygen atoms in total. The molecule has 0 aliphatic carbocycles. The molecule has 0 aromatic heterocycles. The summed E-state index contributed by atoms with van der Waals surface area (Å²) >= 11 is 1.69. The molecule has 1 aliphatic heterocycles. The summed E-state index contributed by atoms with van der Waals surface area (Å²) < 4.78 is 0. The molecule has 0 bridgehead atoms. The molecular formula is C17H14N2O3S. The minimum atomic E-state index is -0.490. The molecule has 116 valence electrons. The fraction of sp³-hybridized carbons (Fsp3) is 0.118. The first-order valence-corrected chi connectivity index (χ1v) is 8.11. The summed E-state index contributed by atoms with van der Waals surface area (Å²) in [4.78, 5) is 36.9. The highest BCUT2D eigenvalue weighted by Gasteiger charge is 2.29. The van der Waals surface area contributed by atoms with Crippen molar-refractivity contribution in [1.29, 1.82) is 0 Å². The molecule has 2 aromatic carbocycles. The number of hydrogen-bond acceptors (Lipinski definition) is 4. The van der Waals surface area contributed by atoms with Gasteiger partial charge in [-0.15, -0.1) is 11.8 Å². The second kappa shape index (κ2) is 6.26. The summed E-state index contributed by atoms with van der Waals surface area (Å²) in [6.07, 6.45) is 0. The lowest BCUT2D eigenvalue weighted by atomic mass is 10.1. The SMILES string of the molecule is CCSc1ccc(C(=O)Nc2cccc3c2C(=O)NC3=O)cc1. The number of nitrogens with one attached hydrogen (secondary N) is 2. The Morgan fingerprint density at radius 2 is 1.83 bits per heavy atom. The van der Waals surface area contributed by atoms with E-state index in [1.165, 1.54) is 0 Å². The maximum Gasteiger partial charge on any atom is 0.261 e. The quantitative estimate of drug-likeness (QED) is 0.669. The molecule has 3 amide bonds. The monoisotopic (exact) mass is 326 g/mol. The zero-order chi connectivity index (χ0) is 16.4. The van der Waals surface area contributed by atoms with Crippen LogP contribution in [0.3, 0.4) is 0 Å². The van der Waals surface area contributed by atoms with Gasteiger partial charge in [-0.25, -0.2) is 0 Å². The number of carbonyl (C=O) groups excluding carboxylic acids is 3. The average Bonchev–Trinajstić information content (AvgIpc) is 2.84. The summed E-state index contributed by atoms with van der Waals surface area (Å²) in [5.41, 5.74) is 1.32. The van der Waals surface area contributed by atoms with Gasteiger partial charge in [-0.05, 0) is 42.2 Å². The molecule has 1 heterocycles. The number of hydrogen-bond donors (Lipinski definition) is 2. The Morgan fingerprint density at radius 3 is 2.52 bits per heavy atom. The molecule has 0 unspecified atom stereocenters. The Bertz CT molecular complexity index is 800. The van der Waals surface area contributed by atoms with E-state index in [9.17, 15) is 14.4 Å². The van der Waals surface area contributed by atoms with E-state index in [2.05, 4.69) is 17.6 Å². The summed E-state index contributed by atoms with van der Waals surface area (Å²) in [5.74, 6) is -0.290. The predicted molar refractivity (Wildman–Crippen MR) is 89.0 cm³/mol. The van der Waals surface area contributed by atoms with E-state index in [4.69, 9.17) is 0 Å². The van der Waals surface area contributed by atoms with E-state index in [1.54, 1.807) is 42.1 Å². The molecule has 6 heteroatoms. The smallest absolute Gasteiger partial charge is 0.261 e. The van der Waals surface area contributed by atoms with Crippen LogP contribution in [0.2, 0.25) is 0 Å². The molecule has 3 rings (SSSR count). The Kier molecular flexibility index (Phi) is 4.16. The van der Waals surface area contributed by atoms with Crippen LogP contribution in [-0.2, 0) is 0 Å². The molecule has 0 saturated carbocycles. The Balaban J connectivity index is 1.84. The number of rotatable bonds is 4. The van der Waals surface area contributed by atoms with Crippen LogP contribution in [0.15, 0.2) is 47.4 Å². The second-order valence-corrected chi connectivity index (χ2v) is 6.26. The second-order valence-electron chi connectivity index (χ2n) is 4.92. The highest BCUT2D eigenvalue weighted by Crippen LogP contribution is 2.25. The molecule has 2 N–H and O–H groups in total. The van der Waals surface area contributed by atoms with Gasteiger partial charge in [-0.2, -0.15) is 0 Å². The van der Waals surface area contributed by atoms with Crippen LogP contribution in [0, 0.1) is 0 Å². The van der Waals surface area contributed by atoms with Crippen molar-refractivity contribution in [3.8, 4) is 0 Å². The highest BCUT2D eigenvalue weighted by atomic mass is 32.2. The third-order valence-corrected chi connectivity index (χ3v) is 4.33. The van der Waals surface area contributed by atoms with E-state index in [-0.39, 0.29) is 17.0 Å². The molecule has 0 radical (unpaired) electrons. The van der Waals surface area contributed by atoms with Crippen LogP contribution >= 0.6 is 11.8 Å². The van der Waals surface area contributed by atoms with E-state index in [0.29, 0.717) is 11.3 Å². The summed E-state index contributed by atoms with van der Waals surface area (Å²) in [6, 6.07) is 12.0. The Labute approximate surface area is 137 Å². The first kappa shape index (κ1) is 15.3. The fourth-order valence-corrected chi connectivity index (χ4v) is 3.05. The van der Waals surface area contributed by atoms with E-state index in [0.717, 1.165) is 10.6 Å². The number of imide groups is 1. The molecule has 0 fully saturated rings. The lowest BCUT2D eigenvalue weighted by Crippen LogP contribution is -2.20. The zero-order valence-corrected chi connectivity index (χ0v) is 13.2. The summed E-state index contributed by atoms with van der Waals surface area (Å²) in [6.45, 7) is 2.06. The van der Waals surface area contributed by atoms with E-state index in [1.807, 2.05) is 12.1 Å². The minimum absolute atomic E-state index is 0.212. The van der Waals surface area contributed by atoms with Crippen LogP contribution in [-0.4, -0.2) is 23.5 Å². The van der Waals surface area contributed by atoms with Crippen molar-refractivity contribution in [2.24, 2.45) is 0 Å². The highest BCUT2D eigenvalue weighted by molar-refractivity contribution is 7.99. The van der Waals surface area contributed by atoms with Gasteiger partial charge in [0, 0.05) is 10.5 Å². The minimum Gasteiger partial charge on any atom is -0.321 e. The largest absolute Gasteiger partial charge is 0.321 e. The number of thioether (sulfide) groups is 1. The van der Waals surface area contributed by atoms with Gasteiger partial charge in [0.2, 0.25) is 0 Å². The van der Waals surface area contributed by atoms with Crippen LogP contribution in [0.1, 0.15) is 38.0 Å². The van der Waals surface area contributed by atoms with Crippen molar-refractivity contribution >= 4 is 35.2 Å². The maximum absolute atomic E-state index is 12.3. The van der Waals surface area contributed by atoms with Crippen LogP contribution in [0.25, 0.3) is 0 Å². The molecule has 2 aromatic rings. The average molecular weight is 326 g/mol. The van der Waals surface area contributed by atoms with Crippen LogP contribution in [0.4, 0.5) is 5.69 Å². The number of carbonyl (C=O) groups is 3. The van der Waals surface area contributed by atoms with Gasteiger partial charge in [0.25, 0.3) is 17.7 Å².